The lowest BCUT2D eigenvalue weighted by molar-refractivity contribution is 0.375. The summed E-state index contributed by atoms with van der Waals surface area (Å²) in [5.41, 5.74) is 0. The minimum Gasteiger partial charge on any atom is -0.428 e. The molecule has 0 spiro atoms. The van der Waals surface area contributed by atoms with E-state index in [0.717, 1.165) is 29.3 Å². The van der Waals surface area contributed by atoms with Crippen LogP contribution < -0.4 is 0 Å². The lowest BCUT2D eigenvalue weighted by Gasteiger charge is -1.77. The molecule has 10 heavy (non-hydrogen) atoms. The smallest absolute Gasteiger partial charge is 0.231 e. The van der Waals surface area contributed by atoms with Crippen molar-refractivity contribution >= 4 is 22.6 Å². The molecule has 6 heteroatoms. The maximum atomic E-state index is 8.35. The molecule has 0 saturated carbocycles. The Kier molecular flexibility index (Phi) is 70.7. The molecule has 0 fully saturated rings. The molecule has 0 aliphatic rings. The second-order valence-electron chi connectivity index (χ2n) is 0.781. The summed E-state index contributed by atoms with van der Waals surface area (Å²) in [5.74, 6) is 0. The van der Waals surface area contributed by atoms with Crippen LogP contribution in [0.15, 0.2) is 0 Å². The van der Waals surface area contributed by atoms with Crippen LogP contribution in [-0.2, 0) is 14.0 Å². The van der Waals surface area contributed by atoms with Gasteiger partial charge in [-0.15, -0.1) is 0 Å². The van der Waals surface area contributed by atoms with Gasteiger partial charge in [-0.2, -0.15) is 0 Å². The number of nitrogens with one attached hydrogen (secondary N) is 2. The summed E-state index contributed by atoms with van der Waals surface area (Å²) in [6.07, 6.45) is 1.50. The third-order valence-corrected chi connectivity index (χ3v) is 0.866. The van der Waals surface area contributed by atoms with Gasteiger partial charge in [-0.3, -0.25) is 0 Å². The first-order chi connectivity index (χ1) is 4.74. The number of rotatable bonds is 1. The van der Waals surface area contributed by atoms with Crippen molar-refractivity contribution in [1.82, 2.24) is 0 Å². The van der Waals surface area contributed by atoms with Gasteiger partial charge in [0.15, 0.2) is 0 Å². The molecule has 0 heterocycles. The van der Waals surface area contributed by atoms with E-state index in [1.54, 1.807) is 0 Å². The van der Waals surface area contributed by atoms with Gasteiger partial charge in [0.25, 0.3) is 0 Å². The normalized spacial score (nSPS) is 4.90. The summed E-state index contributed by atoms with van der Waals surface area (Å²) in [4.78, 5) is 16.7. The van der Waals surface area contributed by atoms with Gasteiger partial charge in [0.1, 0.15) is 10.5 Å². The molecule has 0 aliphatic heterocycles. The minimum atomic E-state index is 0.750. The third kappa shape index (κ3) is 61400. The van der Waals surface area contributed by atoms with Crippen molar-refractivity contribution in [2.24, 2.45) is 0 Å². The van der Waals surface area contributed by atoms with Gasteiger partial charge in [0.05, 0.1) is 0 Å². The molecule has 0 unspecified atom stereocenters. The van der Waals surface area contributed by atoms with Crippen LogP contribution in [0.4, 0.5) is 0 Å². The van der Waals surface area contributed by atoms with Gasteiger partial charge >= 0.3 is 0 Å². The van der Waals surface area contributed by atoms with Crippen LogP contribution in [0.5, 0.6) is 0 Å². The van der Waals surface area contributed by atoms with Crippen molar-refractivity contribution in [1.29, 1.82) is 10.8 Å². The van der Waals surface area contributed by atoms with Crippen LogP contribution in [0.1, 0.15) is 6.92 Å². The van der Waals surface area contributed by atoms with Gasteiger partial charge in [-0.25, -0.2) is 20.4 Å². The SMILES string of the molecule is CCO[SiH3].N=C=O.N=C=O. The molecule has 0 aromatic heterocycles. The summed E-state index contributed by atoms with van der Waals surface area (Å²) in [6, 6.07) is 0. The third-order valence-electron chi connectivity index (χ3n) is 0.289. The van der Waals surface area contributed by atoms with Crippen molar-refractivity contribution in [3.8, 4) is 0 Å². The largest absolute Gasteiger partial charge is 0.428 e. The minimum absolute atomic E-state index is 0.750. The van der Waals surface area contributed by atoms with Crippen molar-refractivity contribution in [2.75, 3.05) is 6.61 Å². The van der Waals surface area contributed by atoms with E-state index in [2.05, 4.69) is 4.43 Å². The fourth-order valence-corrected chi connectivity index (χ4v) is 0. The Balaban J connectivity index is -0.0000000750. The monoisotopic (exact) mass is 162 g/mol. The Hall–Kier alpha value is -1.06. The average molecular weight is 162 g/mol. The highest BCUT2D eigenvalue weighted by Gasteiger charge is 1.51. The Bertz CT molecular complexity index is 91.1. The molecular weight excluding hydrogens is 152 g/mol. The van der Waals surface area contributed by atoms with Gasteiger partial charge in [0.2, 0.25) is 12.2 Å². The van der Waals surface area contributed by atoms with E-state index in [-0.39, 0.29) is 0 Å². The Morgan fingerprint density at radius 3 is 1.50 bits per heavy atom. The predicted molar refractivity (Wildman–Crippen MR) is 38.4 cm³/mol. The Labute approximate surface area is 61.9 Å². The van der Waals surface area contributed by atoms with E-state index in [1.165, 1.54) is 0 Å². The van der Waals surface area contributed by atoms with E-state index in [9.17, 15) is 0 Å². The molecule has 0 bridgehead atoms. The van der Waals surface area contributed by atoms with Gasteiger partial charge in [-0.1, -0.05) is 0 Å². The molecule has 0 atom stereocenters. The van der Waals surface area contributed by atoms with Crippen LogP contribution in [0.3, 0.4) is 0 Å². The molecule has 2 N–H and O–H groups in total. The van der Waals surface area contributed by atoms with Gasteiger partial charge < -0.3 is 4.43 Å². The van der Waals surface area contributed by atoms with Crippen LogP contribution >= 0.6 is 0 Å². The summed E-state index contributed by atoms with van der Waals surface area (Å²) in [7, 11) is 0.890. The number of hydrogen-bond donors (Lipinski definition) is 2. The highest BCUT2D eigenvalue weighted by atomic mass is 28.2. The fraction of sp³-hybridized carbons (Fsp3) is 0.500. The zero-order valence-electron chi connectivity index (χ0n) is 5.93. The lowest BCUT2D eigenvalue weighted by Crippen LogP contribution is -1.76. The Morgan fingerprint density at radius 2 is 1.50 bits per heavy atom. The topological polar surface area (TPSA) is 91.1 Å². The lowest BCUT2D eigenvalue weighted by atomic mass is 10.9. The van der Waals surface area contributed by atoms with Crippen molar-refractivity contribution in [3.05, 3.63) is 0 Å². The van der Waals surface area contributed by atoms with Crippen LogP contribution in [0.25, 0.3) is 0 Å². The van der Waals surface area contributed by atoms with Crippen LogP contribution in [0.2, 0.25) is 0 Å². The molecule has 0 aromatic carbocycles. The molecular formula is C4H10N2O3Si. The first-order valence-electron chi connectivity index (χ1n) is 2.31. The van der Waals surface area contributed by atoms with Crippen LogP contribution in [0, 0.1) is 10.8 Å². The maximum Gasteiger partial charge on any atom is 0.231 e. The van der Waals surface area contributed by atoms with E-state index >= 15 is 0 Å². The van der Waals surface area contributed by atoms with Crippen molar-refractivity contribution in [2.45, 2.75) is 6.92 Å². The summed E-state index contributed by atoms with van der Waals surface area (Å²) in [5, 5.41) is 10.8. The average Bonchev–Trinajstić information content (AvgIpc) is 1.91. The quantitative estimate of drug-likeness (QED) is 0.297. The van der Waals surface area contributed by atoms with Gasteiger partial charge in [0, 0.05) is 6.61 Å². The number of isocyanates is 2. The second kappa shape index (κ2) is 44.3. The second-order valence-corrected chi connectivity index (χ2v) is 1.36. The molecule has 0 rings (SSSR count). The number of carbonyl (C=O) groups excluding carboxylic acids is 2. The highest BCUT2D eigenvalue weighted by molar-refractivity contribution is 5.97. The zero-order valence-corrected chi connectivity index (χ0v) is 7.93. The van der Waals surface area contributed by atoms with E-state index in [0.29, 0.717) is 0 Å². The Morgan fingerprint density at radius 1 is 1.40 bits per heavy atom. The molecule has 0 radical (unpaired) electrons. The first-order valence-corrected chi connectivity index (χ1v) is 3.13. The molecule has 0 saturated heterocycles. The van der Waals surface area contributed by atoms with E-state index in [1.807, 2.05) is 6.92 Å². The standard InChI is InChI=1S/C2H8OSi.2CHNO/c1-2-3-4;2*2-1-3/h2H2,1,4H3;2*2H. The molecule has 58 valence electrons. The van der Waals surface area contributed by atoms with Crippen molar-refractivity contribution < 1.29 is 14.0 Å². The zero-order chi connectivity index (χ0) is 8.83. The summed E-state index contributed by atoms with van der Waals surface area (Å²) >= 11 is 0. The predicted octanol–water partition coefficient (Wildman–Crippen LogP) is -0.895. The first kappa shape index (κ1) is 16.0. The summed E-state index contributed by atoms with van der Waals surface area (Å²) in [6.45, 7) is 2.87. The van der Waals surface area contributed by atoms with E-state index in [4.69, 9.17) is 20.4 Å². The summed E-state index contributed by atoms with van der Waals surface area (Å²) < 4.78 is 4.68. The van der Waals surface area contributed by atoms with E-state index < -0.39 is 0 Å². The fourth-order valence-electron chi connectivity index (χ4n) is 0. The molecule has 0 aromatic rings. The van der Waals surface area contributed by atoms with Gasteiger partial charge in [-0.05, 0) is 6.92 Å². The highest BCUT2D eigenvalue weighted by Crippen LogP contribution is 1.50. The van der Waals surface area contributed by atoms with Crippen LogP contribution in [-0.4, -0.2) is 29.3 Å². The molecule has 5 nitrogen and oxygen atoms in total. The molecule has 0 amide bonds. The van der Waals surface area contributed by atoms with Crippen molar-refractivity contribution in [3.63, 3.8) is 0 Å². The maximum absolute atomic E-state index is 8.35. The number of hydrogen-bond acceptors (Lipinski definition) is 5. The molecule has 0 aliphatic carbocycles.